The highest BCUT2D eigenvalue weighted by Crippen LogP contribution is 2.32. The molecule has 0 heterocycles. The van der Waals surface area contributed by atoms with Crippen molar-refractivity contribution < 1.29 is 26.7 Å². The van der Waals surface area contributed by atoms with Crippen molar-refractivity contribution in [1.82, 2.24) is 4.31 Å². The molecule has 35 heavy (non-hydrogen) atoms. The molecule has 0 radical (unpaired) electrons. The van der Waals surface area contributed by atoms with Gasteiger partial charge in [0.1, 0.15) is 5.75 Å². The van der Waals surface area contributed by atoms with Crippen molar-refractivity contribution in [2.45, 2.75) is 29.7 Å². The molecule has 0 fully saturated rings. The number of para-hydroxylation sites is 2. The molecule has 0 saturated heterocycles. The lowest BCUT2D eigenvalue weighted by molar-refractivity contribution is 0.155. The summed E-state index contributed by atoms with van der Waals surface area (Å²) in [6.07, 6.45) is -1.32. The van der Waals surface area contributed by atoms with E-state index >= 15 is 0 Å². The highest BCUT2D eigenvalue weighted by molar-refractivity contribution is 7.92. The van der Waals surface area contributed by atoms with Gasteiger partial charge in [0.25, 0.3) is 10.0 Å². The largest absolute Gasteiger partial charge is 0.495 e. The van der Waals surface area contributed by atoms with Gasteiger partial charge in [-0.1, -0.05) is 55.0 Å². The number of benzene rings is 3. The highest BCUT2D eigenvalue weighted by Gasteiger charge is 2.32. The van der Waals surface area contributed by atoms with Gasteiger partial charge in [-0.2, -0.15) is 4.31 Å². The number of aliphatic hydroxyl groups is 1. The summed E-state index contributed by atoms with van der Waals surface area (Å²) in [6, 6.07) is 20.8. The van der Waals surface area contributed by atoms with Crippen molar-refractivity contribution in [3.63, 3.8) is 0 Å². The predicted molar refractivity (Wildman–Crippen MR) is 136 cm³/mol. The van der Waals surface area contributed by atoms with Gasteiger partial charge in [-0.25, -0.2) is 16.8 Å². The van der Waals surface area contributed by atoms with Crippen LogP contribution in [0.5, 0.6) is 5.75 Å². The Balaban J connectivity index is 1.94. The number of hydrogen-bond donors (Lipinski definition) is 1. The standard InChI is InChI=1S/C25H30N2O6S2/c1-4-26(34(29,30)23-16-14-20(2)15-17-23)18-21(28)19-27(24-12-8-9-13-25(24)33-3)35(31,32)22-10-6-5-7-11-22/h5-17,21,28H,4,18-19H2,1-3H3. The van der Waals surface area contributed by atoms with E-state index in [-0.39, 0.29) is 35.1 Å². The molecule has 0 aliphatic rings. The Morgan fingerprint density at radius 2 is 1.37 bits per heavy atom. The summed E-state index contributed by atoms with van der Waals surface area (Å²) in [6.45, 7) is 2.96. The summed E-state index contributed by atoms with van der Waals surface area (Å²) in [5, 5.41) is 11.0. The van der Waals surface area contributed by atoms with Gasteiger partial charge in [-0.15, -0.1) is 0 Å². The smallest absolute Gasteiger partial charge is 0.264 e. The normalized spacial score (nSPS) is 12.9. The Labute approximate surface area is 207 Å². The molecule has 0 amide bonds. The lowest BCUT2D eigenvalue weighted by atomic mass is 10.2. The minimum atomic E-state index is -4.09. The van der Waals surface area contributed by atoms with Gasteiger partial charge in [0.05, 0.1) is 35.2 Å². The molecule has 0 saturated carbocycles. The number of likely N-dealkylation sites (N-methyl/N-ethyl adjacent to an activating group) is 1. The van der Waals surface area contributed by atoms with Crippen LogP contribution in [0.1, 0.15) is 12.5 Å². The molecule has 0 aliphatic carbocycles. The van der Waals surface area contributed by atoms with Crippen molar-refractivity contribution in [2.75, 3.05) is 31.0 Å². The molecule has 1 atom stereocenters. The zero-order chi connectivity index (χ0) is 25.6. The number of methoxy groups -OCH3 is 1. The second-order valence-electron chi connectivity index (χ2n) is 7.94. The molecule has 1 unspecified atom stereocenters. The maximum absolute atomic E-state index is 13.6. The summed E-state index contributed by atoms with van der Waals surface area (Å²) in [5.41, 5.74) is 1.16. The monoisotopic (exact) mass is 518 g/mol. The molecule has 0 bridgehead atoms. The average molecular weight is 519 g/mol. The molecule has 1 N–H and O–H groups in total. The van der Waals surface area contributed by atoms with Crippen LogP contribution in [0, 0.1) is 6.92 Å². The first-order chi connectivity index (χ1) is 16.6. The van der Waals surface area contributed by atoms with Crippen LogP contribution in [0.25, 0.3) is 0 Å². The fraction of sp³-hybridized carbons (Fsp3) is 0.280. The molecule has 0 aliphatic heterocycles. The van der Waals surface area contributed by atoms with Gasteiger partial charge in [-0.05, 0) is 43.3 Å². The summed E-state index contributed by atoms with van der Waals surface area (Å²) in [4.78, 5) is 0.147. The number of aryl methyl sites for hydroxylation is 1. The molecule has 3 aromatic carbocycles. The van der Waals surface area contributed by atoms with Crippen LogP contribution in [-0.4, -0.2) is 59.1 Å². The second kappa shape index (κ2) is 11.2. The topological polar surface area (TPSA) is 104 Å². The van der Waals surface area contributed by atoms with Crippen LogP contribution in [-0.2, 0) is 20.0 Å². The SMILES string of the molecule is CCN(CC(O)CN(c1ccccc1OC)S(=O)(=O)c1ccccc1)S(=O)(=O)c1ccc(C)cc1. The number of rotatable bonds is 11. The summed E-state index contributed by atoms with van der Waals surface area (Å²) in [5.74, 6) is 0.304. The summed E-state index contributed by atoms with van der Waals surface area (Å²) in [7, 11) is -6.55. The first-order valence-corrected chi connectivity index (χ1v) is 13.9. The first-order valence-electron chi connectivity index (χ1n) is 11.1. The maximum atomic E-state index is 13.6. The van der Waals surface area contributed by atoms with Crippen molar-refractivity contribution in [3.8, 4) is 5.75 Å². The fourth-order valence-electron chi connectivity index (χ4n) is 3.62. The summed E-state index contributed by atoms with van der Waals surface area (Å²) < 4.78 is 61.0. The van der Waals surface area contributed by atoms with Crippen LogP contribution in [0.3, 0.4) is 0 Å². The predicted octanol–water partition coefficient (Wildman–Crippen LogP) is 3.27. The third-order valence-corrected chi connectivity index (χ3v) is 9.24. The molecule has 0 aromatic heterocycles. The molecule has 188 valence electrons. The molecule has 3 rings (SSSR count). The number of nitrogens with zero attached hydrogens (tertiary/aromatic N) is 2. The molecule has 10 heteroatoms. The van der Waals surface area contributed by atoms with Gasteiger partial charge in [0, 0.05) is 13.1 Å². The number of anilines is 1. The van der Waals surface area contributed by atoms with Crippen LogP contribution in [0.4, 0.5) is 5.69 Å². The molecular weight excluding hydrogens is 488 g/mol. The van der Waals surface area contributed by atoms with E-state index < -0.39 is 26.2 Å². The van der Waals surface area contributed by atoms with Gasteiger partial charge in [-0.3, -0.25) is 4.31 Å². The second-order valence-corrected chi connectivity index (χ2v) is 11.7. The molecule has 8 nitrogen and oxygen atoms in total. The Bertz CT molecular complexity index is 1330. The Hall–Kier alpha value is -2.92. The van der Waals surface area contributed by atoms with Gasteiger partial charge < -0.3 is 9.84 Å². The Kier molecular flexibility index (Phi) is 8.55. The van der Waals surface area contributed by atoms with E-state index in [0.717, 1.165) is 14.2 Å². The van der Waals surface area contributed by atoms with Crippen molar-refractivity contribution in [3.05, 3.63) is 84.4 Å². The number of sulfonamides is 2. The zero-order valence-electron chi connectivity index (χ0n) is 19.9. The number of aliphatic hydroxyl groups excluding tert-OH is 1. The van der Waals surface area contributed by atoms with Crippen LogP contribution in [0.15, 0.2) is 88.7 Å². The minimum absolute atomic E-state index is 0.0396. The van der Waals surface area contributed by atoms with Crippen molar-refractivity contribution >= 4 is 25.7 Å². The van der Waals surface area contributed by atoms with E-state index in [2.05, 4.69) is 0 Å². The Morgan fingerprint density at radius 1 is 0.800 bits per heavy atom. The maximum Gasteiger partial charge on any atom is 0.264 e. The molecule has 3 aromatic rings. The third-order valence-electron chi connectivity index (χ3n) is 5.49. The number of ether oxygens (including phenoxy) is 1. The van der Waals surface area contributed by atoms with E-state index in [4.69, 9.17) is 4.74 Å². The van der Waals surface area contributed by atoms with E-state index in [0.29, 0.717) is 5.75 Å². The van der Waals surface area contributed by atoms with Gasteiger partial charge in [0.15, 0.2) is 0 Å². The first kappa shape index (κ1) is 26.7. The van der Waals surface area contributed by atoms with Crippen LogP contribution in [0.2, 0.25) is 0 Å². The van der Waals surface area contributed by atoms with Crippen LogP contribution >= 0.6 is 0 Å². The van der Waals surface area contributed by atoms with E-state index in [1.807, 2.05) is 6.92 Å². The Morgan fingerprint density at radius 3 is 1.97 bits per heavy atom. The lowest BCUT2D eigenvalue weighted by Gasteiger charge is -2.30. The quantitative estimate of drug-likeness (QED) is 0.418. The van der Waals surface area contributed by atoms with E-state index in [1.54, 1.807) is 61.5 Å². The molecular formula is C25H30N2O6S2. The van der Waals surface area contributed by atoms with Crippen molar-refractivity contribution in [1.29, 1.82) is 0 Å². The summed E-state index contributed by atoms with van der Waals surface area (Å²) >= 11 is 0. The highest BCUT2D eigenvalue weighted by atomic mass is 32.2. The van der Waals surface area contributed by atoms with Crippen molar-refractivity contribution in [2.24, 2.45) is 0 Å². The fourth-order valence-corrected chi connectivity index (χ4v) is 6.64. The van der Waals surface area contributed by atoms with E-state index in [9.17, 15) is 21.9 Å². The van der Waals surface area contributed by atoms with E-state index in [1.165, 1.54) is 31.4 Å². The zero-order valence-corrected chi connectivity index (χ0v) is 21.5. The average Bonchev–Trinajstić information content (AvgIpc) is 2.86. The number of hydrogen-bond acceptors (Lipinski definition) is 6. The minimum Gasteiger partial charge on any atom is -0.495 e. The van der Waals surface area contributed by atoms with Gasteiger partial charge >= 0.3 is 0 Å². The molecule has 0 spiro atoms. The third kappa shape index (κ3) is 6.02. The van der Waals surface area contributed by atoms with Gasteiger partial charge in [0.2, 0.25) is 10.0 Å². The van der Waals surface area contributed by atoms with Crippen LogP contribution < -0.4 is 9.04 Å². The lowest BCUT2D eigenvalue weighted by Crippen LogP contribution is -2.44.